The summed E-state index contributed by atoms with van der Waals surface area (Å²) in [5.74, 6) is 0.602. The van der Waals surface area contributed by atoms with Crippen molar-refractivity contribution in [2.45, 2.75) is 24.3 Å². The Morgan fingerprint density at radius 3 is 2.54 bits per heavy atom. The van der Waals surface area contributed by atoms with Gasteiger partial charge >= 0.3 is 0 Å². The van der Waals surface area contributed by atoms with Crippen LogP contribution in [0, 0.1) is 0 Å². The molecule has 26 heavy (non-hydrogen) atoms. The van der Waals surface area contributed by atoms with Gasteiger partial charge in [-0.15, -0.1) is 11.8 Å². The summed E-state index contributed by atoms with van der Waals surface area (Å²) in [4.78, 5) is 26.9. The number of nitrogens with one attached hydrogen (secondary N) is 1. The molecule has 1 aliphatic rings. The molecule has 2 amide bonds. The number of thioether (sulfide) groups is 1. The van der Waals surface area contributed by atoms with E-state index >= 15 is 0 Å². The van der Waals surface area contributed by atoms with Crippen molar-refractivity contribution < 1.29 is 22.7 Å². The Labute approximate surface area is 158 Å². The zero-order chi connectivity index (χ0) is 19.2. The third-order valence-electron chi connectivity index (χ3n) is 4.09. The van der Waals surface area contributed by atoms with Gasteiger partial charge in [0.25, 0.3) is 0 Å². The van der Waals surface area contributed by atoms with Gasteiger partial charge in [0.2, 0.25) is 11.8 Å². The lowest BCUT2D eigenvalue weighted by molar-refractivity contribution is -0.134. The second-order valence-electron chi connectivity index (χ2n) is 6.04. The minimum atomic E-state index is -3.04. The first kappa shape index (κ1) is 20.6. The molecular formula is C17H24N2O5S2. The van der Waals surface area contributed by atoms with E-state index in [9.17, 15) is 18.0 Å². The Kier molecular flexibility index (Phi) is 7.33. The van der Waals surface area contributed by atoms with Crippen LogP contribution in [0.2, 0.25) is 0 Å². The summed E-state index contributed by atoms with van der Waals surface area (Å²) in [5.41, 5.74) is 0. The molecule has 0 bridgehead atoms. The van der Waals surface area contributed by atoms with Crippen LogP contribution in [-0.4, -0.2) is 68.6 Å². The number of nitrogens with zero attached hydrogens (tertiary/aromatic N) is 1. The normalized spacial score (nSPS) is 18.3. The van der Waals surface area contributed by atoms with Crippen molar-refractivity contribution in [1.29, 1.82) is 0 Å². The highest BCUT2D eigenvalue weighted by atomic mass is 32.2. The zero-order valence-electron chi connectivity index (χ0n) is 14.9. The van der Waals surface area contributed by atoms with E-state index < -0.39 is 9.84 Å². The fourth-order valence-corrected chi connectivity index (χ4v) is 5.11. The van der Waals surface area contributed by atoms with E-state index in [-0.39, 0.29) is 41.7 Å². The molecule has 0 spiro atoms. The molecule has 9 heteroatoms. The van der Waals surface area contributed by atoms with Crippen molar-refractivity contribution in [2.75, 3.05) is 37.5 Å². The van der Waals surface area contributed by atoms with Gasteiger partial charge in [0.1, 0.15) is 5.75 Å². The van der Waals surface area contributed by atoms with Crippen LogP contribution in [0.5, 0.6) is 5.75 Å². The maximum Gasteiger partial charge on any atom is 0.239 e. The van der Waals surface area contributed by atoms with Crippen molar-refractivity contribution >= 4 is 33.4 Å². The summed E-state index contributed by atoms with van der Waals surface area (Å²) < 4.78 is 28.0. The highest BCUT2D eigenvalue weighted by Gasteiger charge is 2.29. The van der Waals surface area contributed by atoms with Crippen LogP contribution in [0.25, 0.3) is 0 Å². The number of methoxy groups -OCH3 is 1. The van der Waals surface area contributed by atoms with Crippen LogP contribution in [0.15, 0.2) is 29.2 Å². The topological polar surface area (TPSA) is 92.8 Å². The maximum atomic E-state index is 12.4. The molecule has 0 radical (unpaired) electrons. The molecule has 1 saturated heterocycles. The lowest BCUT2D eigenvalue weighted by Crippen LogP contribution is -2.45. The van der Waals surface area contributed by atoms with Crippen molar-refractivity contribution in [2.24, 2.45) is 0 Å². The molecule has 1 atom stereocenters. The van der Waals surface area contributed by atoms with Crippen LogP contribution in [0.3, 0.4) is 0 Å². The Hall–Kier alpha value is -1.74. The molecule has 0 aromatic heterocycles. The summed E-state index contributed by atoms with van der Waals surface area (Å²) in [7, 11) is -1.45. The fraction of sp³-hybridized carbons (Fsp3) is 0.529. The summed E-state index contributed by atoms with van der Waals surface area (Å²) in [5, 5.41) is 2.71. The third kappa shape index (κ3) is 6.21. The first-order valence-electron chi connectivity index (χ1n) is 8.37. The molecule has 1 N–H and O–H groups in total. The van der Waals surface area contributed by atoms with Gasteiger partial charge in [-0.3, -0.25) is 9.59 Å². The zero-order valence-corrected chi connectivity index (χ0v) is 16.6. The van der Waals surface area contributed by atoms with Crippen LogP contribution in [-0.2, 0) is 19.4 Å². The van der Waals surface area contributed by atoms with E-state index in [0.717, 1.165) is 10.6 Å². The lowest BCUT2D eigenvalue weighted by atomic mass is 10.2. The quantitative estimate of drug-likeness (QED) is 0.653. The number of benzene rings is 1. The van der Waals surface area contributed by atoms with E-state index in [0.29, 0.717) is 13.0 Å². The van der Waals surface area contributed by atoms with E-state index in [4.69, 9.17) is 4.74 Å². The average molecular weight is 401 g/mol. The monoisotopic (exact) mass is 400 g/mol. The van der Waals surface area contributed by atoms with Gasteiger partial charge in [-0.25, -0.2) is 8.42 Å². The molecule has 1 aromatic rings. The Morgan fingerprint density at radius 1 is 1.31 bits per heavy atom. The van der Waals surface area contributed by atoms with Crippen molar-refractivity contribution in [3.63, 3.8) is 0 Å². The van der Waals surface area contributed by atoms with Gasteiger partial charge in [0.05, 0.1) is 30.9 Å². The molecule has 144 valence electrons. The molecule has 2 rings (SSSR count). The minimum absolute atomic E-state index is 0.0217. The fourth-order valence-electron chi connectivity index (χ4n) is 2.64. The molecule has 0 unspecified atom stereocenters. The van der Waals surface area contributed by atoms with Gasteiger partial charge in [-0.05, 0) is 37.6 Å². The number of sulfone groups is 1. The van der Waals surface area contributed by atoms with Crippen LogP contribution >= 0.6 is 11.8 Å². The van der Waals surface area contributed by atoms with Crippen molar-refractivity contribution in [1.82, 2.24) is 10.2 Å². The van der Waals surface area contributed by atoms with Gasteiger partial charge in [-0.2, -0.15) is 0 Å². The van der Waals surface area contributed by atoms with E-state index in [1.54, 1.807) is 7.11 Å². The van der Waals surface area contributed by atoms with Gasteiger partial charge in [0.15, 0.2) is 9.84 Å². The predicted molar refractivity (Wildman–Crippen MR) is 101 cm³/mol. The smallest absolute Gasteiger partial charge is 0.239 e. The molecular weight excluding hydrogens is 376 g/mol. The summed E-state index contributed by atoms with van der Waals surface area (Å²) in [6.45, 7) is 2.16. The number of carbonyl (C=O) groups is 2. The summed E-state index contributed by atoms with van der Waals surface area (Å²) in [6.07, 6.45) is 0.432. The average Bonchev–Trinajstić information content (AvgIpc) is 2.96. The number of hydrogen-bond acceptors (Lipinski definition) is 6. The highest BCUT2D eigenvalue weighted by Crippen LogP contribution is 2.21. The first-order valence-corrected chi connectivity index (χ1v) is 11.2. The largest absolute Gasteiger partial charge is 0.497 e. The Bertz CT molecular complexity index is 734. The van der Waals surface area contributed by atoms with Gasteiger partial charge < -0.3 is 15.0 Å². The maximum absolute atomic E-state index is 12.4. The second-order valence-corrected chi connectivity index (χ2v) is 9.32. The van der Waals surface area contributed by atoms with Crippen LogP contribution in [0.1, 0.15) is 13.3 Å². The SMILES string of the molecule is CCN(CC(=O)N[C@H]1CCS(=O)(=O)C1)C(=O)CSc1ccc(OC)cc1. The molecule has 1 aliphatic heterocycles. The van der Waals surface area contributed by atoms with Crippen LogP contribution in [0.4, 0.5) is 0 Å². The molecule has 7 nitrogen and oxygen atoms in total. The summed E-state index contributed by atoms with van der Waals surface area (Å²) >= 11 is 1.39. The lowest BCUT2D eigenvalue weighted by Gasteiger charge is -2.21. The van der Waals surface area contributed by atoms with Crippen molar-refractivity contribution in [3.05, 3.63) is 24.3 Å². The van der Waals surface area contributed by atoms with Crippen LogP contribution < -0.4 is 10.1 Å². The number of ether oxygens (including phenoxy) is 1. The minimum Gasteiger partial charge on any atom is -0.497 e. The number of hydrogen-bond donors (Lipinski definition) is 1. The van der Waals surface area contributed by atoms with E-state index in [2.05, 4.69) is 5.32 Å². The predicted octanol–water partition coefficient (Wildman–Crippen LogP) is 0.939. The Balaban J connectivity index is 1.80. The molecule has 1 aromatic carbocycles. The molecule has 0 aliphatic carbocycles. The standard InChI is InChI=1S/C17H24N2O5S2/c1-3-19(10-16(20)18-13-8-9-26(22,23)12-13)17(21)11-25-15-6-4-14(24-2)5-7-15/h4-7,13H,3,8-12H2,1-2H3,(H,18,20)/t13-/m0/s1. The first-order chi connectivity index (χ1) is 12.3. The molecule has 0 saturated carbocycles. The number of carbonyl (C=O) groups excluding carboxylic acids is 2. The van der Waals surface area contributed by atoms with E-state index in [1.165, 1.54) is 16.7 Å². The summed E-state index contributed by atoms with van der Waals surface area (Å²) in [6, 6.07) is 7.05. The highest BCUT2D eigenvalue weighted by molar-refractivity contribution is 8.00. The van der Waals surface area contributed by atoms with E-state index in [1.807, 2.05) is 31.2 Å². The van der Waals surface area contributed by atoms with Gasteiger partial charge in [0, 0.05) is 17.5 Å². The molecule has 1 fully saturated rings. The number of rotatable bonds is 8. The Morgan fingerprint density at radius 2 is 2.00 bits per heavy atom. The number of amides is 2. The third-order valence-corrected chi connectivity index (χ3v) is 6.85. The number of likely N-dealkylation sites (N-methyl/N-ethyl adjacent to an activating group) is 1. The van der Waals surface area contributed by atoms with Crippen molar-refractivity contribution in [3.8, 4) is 5.75 Å². The molecule has 1 heterocycles. The second kappa shape index (κ2) is 9.27. The van der Waals surface area contributed by atoms with Gasteiger partial charge in [-0.1, -0.05) is 0 Å².